The molecule has 4 rings (SSSR count). The number of amides is 1. The summed E-state index contributed by atoms with van der Waals surface area (Å²) >= 11 is 5.95. The highest BCUT2D eigenvalue weighted by Gasteiger charge is 2.24. The molecule has 1 fully saturated rings. The summed E-state index contributed by atoms with van der Waals surface area (Å²) in [6, 6.07) is 21.7. The van der Waals surface area contributed by atoms with Gasteiger partial charge in [-0.05, 0) is 61.0 Å². The first-order chi connectivity index (χ1) is 15.6. The molecule has 0 aliphatic carbocycles. The lowest BCUT2D eigenvalue weighted by Gasteiger charge is -2.24. The zero-order chi connectivity index (χ0) is 22.5. The van der Waals surface area contributed by atoms with Gasteiger partial charge >= 0.3 is 0 Å². The van der Waals surface area contributed by atoms with Crippen molar-refractivity contribution in [2.24, 2.45) is 0 Å². The third-order valence-corrected chi connectivity index (χ3v) is 5.98. The molecule has 1 aliphatic rings. The first-order valence-corrected chi connectivity index (χ1v) is 11.0. The molecule has 0 spiro atoms. The number of carbonyl (C=O) groups excluding carboxylic acids is 2. The van der Waals surface area contributed by atoms with Gasteiger partial charge in [0, 0.05) is 48.0 Å². The molecule has 3 aromatic carbocycles. The summed E-state index contributed by atoms with van der Waals surface area (Å²) in [5.74, 6) is 0.530. The quantitative estimate of drug-likeness (QED) is 0.519. The predicted octanol–water partition coefficient (Wildman–Crippen LogP) is 4.93. The fraction of sp³-hybridized carbons (Fsp3) is 0.231. The summed E-state index contributed by atoms with van der Waals surface area (Å²) in [5, 5.41) is 0.567. The van der Waals surface area contributed by atoms with Crippen molar-refractivity contribution >= 4 is 29.0 Å². The molecule has 1 heterocycles. The molecule has 0 aromatic heterocycles. The van der Waals surface area contributed by atoms with E-state index in [1.807, 2.05) is 29.2 Å². The largest absolute Gasteiger partial charge is 0.497 e. The Morgan fingerprint density at radius 3 is 2.19 bits per heavy atom. The number of benzene rings is 3. The van der Waals surface area contributed by atoms with Crippen molar-refractivity contribution in [3.63, 3.8) is 0 Å². The topological polar surface area (TPSA) is 49.9 Å². The smallest absolute Gasteiger partial charge is 0.254 e. The molecular weight excluding hydrogens is 424 g/mol. The number of ether oxygens (including phenoxy) is 1. The zero-order valence-corrected chi connectivity index (χ0v) is 18.7. The highest BCUT2D eigenvalue weighted by Crippen LogP contribution is 2.22. The monoisotopic (exact) mass is 448 g/mol. The van der Waals surface area contributed by atoms with Gasteiger partial charge in [0.05, 0.1) is 12.7 Å². The van der Waals surface area contributed by atoms with Crippen molar-refractivity contribution < 1.29 is 14.3 Å². The molecule has 0 atom stereocenters. The van der Waals surface area contributed by atoms with Gasteiger partial charge in [0.2, 0.25) is 0 Å². The van der Waals surface area contributed by atoms with Crippen LogP contribution in [0.4, 0.5) is 5.69 Å². The Morgan fingerprint density at radius 2 is 1.50 bits per heavy atom. The van der Waals surface area contributed by atoms with Crippen LogP contribution in [0.5, 0.6) is 5.75 Å². The van der Waals surface area contributed by atoms with Crippen molar-refractivity contribution in [3.8, 4) is 5.75 Å². The van der Waals surface area contributed by atoms with E-state index in [1.54, 1.807) is 55.6 Å². The van der Waals surface area contributed by atoms with Gasteiger partial charge in [-0.1, -0.05) is 29.8 Å². The molecule has 5 nitrogen and oxygen atoms in total. The lowest BCUT2D eigenvalue weighted by molar-refractivity contribution is 0.0762. The lowest BCUT2D eigenvalue weighted by Crippen LogP contribution is -2.36. The van der Waals surface area contributed by atoms with E-state index in [4.69, 9.17) is 16.3 Å². The van der Waals surface area contributed by atoms with Crippen LogP contribution in [0.2, 0.25) is 5.02 Å². The van der Waals surface area contributed by atoms with Gasteiger partial charge in [-0.15, -0.1) is 0 Å². The van der Waals surface area contributed by atoms with E-state index < -0.39 is 0 Å². The summed E-state index contributed by atoms with van der Waals surface area (Å²) < 4.78 is 5.24. The van der Waals surface area contributed by atoms with Crippen molar-refractivity contribution in [1.82, 2.24) is 4.90 Å². The number of carbonyl (C=O) groups is 2. The van der Waals surface area contributed by atoms with Gasteiger partial charge < -0.3 is 14.5 Å². The number of methoxy groups -OCH3 is 1. The van der Waals surface area contributed by atoms with Crippen molar-refractivity contribution in [2.75, 3.05) is 38.2 Å². The first-order valence-electron chi connectivity index (χ1n) is 10.6. The maximum atomic E-state index is 13.4. The van der Waals surface area contributed by atoms with E-state index in [-0.39, 0.29) is 11.7 Å². The molecule has 1 aliphatic heterocycles. The standard InChI is InChI=1S/C26H25ClN2O3/c1-32-22-13-11-21(12-14-22)28-15-4-16-29(18-17-28)26(31)24-6-3-2-5-23(24)25(30)19-7-9-20(27)10-8-19/h2-3,5-14H,4,15-18H2,1H3. The number of hydrogen-bond acceptors (Lipinski definition) is 4. The van der Waals surface area contributed by atoms with E-state index >= 15 is 0 Å². The van der Waals surface area contributed by atoms with Crippen LogP contribution >= 0.6 is 11.6 Å². The molecule has 0 saturated carbocycles. The maximum absolute atomic E-state index is 13.4. The average molecular weight is 449 g/mol. The normalized spacial score (nSPS) is 14.1. The molecule has 0 bridgehead atoms. The van der Waals surface area contributed by atoms with Gasteiger partial charge in [0.15, 0.2) is 5.78 Å². The van der Waals surface area contributed by atoms with Crippen LogP contribution in [-0.2, 0) is 0 Å². The SMILES string of the molecule is COc1ccc(N2CCCN(C(=O)c3ccccc3C(=O)c3ccc(Cl)cc3)CC2)cc1. The van der Waals surface area contributed by atoms with E-state index in [2.05, 4.69) is 4.90 Å². The Balaban J connectivity index is 1.51. The van der Waals surface area contributed by atoms with Gasteiger partial charge in [-0.2, -0.15) is 0 Å². The summed E-state index contributed by atoms with van der Waals surface area (Å²) in [5.41, 5.74) is 2.47. The van der Waals surface area contributed by atoms with Crippen molar-refractivity contribution in [3.05, 3.63) is 94.5 Å². The molecule has 1 saturated heterocycles. The summed E-state index contributed by atoms with van der Waals surface area (Å²) in [6.45, 7) is 2.83. The summed E-state index contributed by atoms with van der Waals surface area (Å²) in [7, 11) is 1.65. The van der Waals surface area contributed by atoms with Gasteiger partial charge in [-0.3, -0.25) is 9.59 Å². The minimum atomic E-state index is -0.180. The van der Waals surface area contributed by atoms with Gasteiger partial charge in [0.25, 0.3) is 5.91 Å². The van der Waals surface area contributed by atoms with Crippen LogP contribution in [-0.4, -0.2) is 49.9 Å². The van der Waals surface area contributed by atoms with Crippen molar-refractivity contribution in [1.29, 1.82) is 0 Å². The third kappa shape index (κ3) is 4.78. The zero-order valence-electron chi connectivity index (χ0n) is 18.0. The second kappa shape index (κ2) is 9.88. The van der Waals surface area contributed by atoms with E-state index in [9.17, 15) is 9.59 Å². The Morgan fingerprint density at radius 1 is 0.812 bits per heavy atom. The average Bonchev–Trinajstić information content (AvgIpc) is 3.10. The first kappa shape index (κ1) is 21.9. The molecule has 1 amide bonds. The molecule has 164 valence electrons. The number of rotatable bonds is 5. The van der Waals surface area contributed by atoms with Crippen LogP contribution in [0.25, 0.3) is 0 Å². The predicted molar refractivity (Wildman–Crippen MR) is 127 cm³/mol. The van der Waals surface area contributed by atoms with Crippen LogP contribution in [0.3, 0.4) is 0 Å². The number of halogens is 1. The second-order valence-electron chi connectivity index (χ2n) is 7.71. The molecule has 0 radical (unpaired) electrons. The number of hydrogen-bond donors (Lipinski definition) is 0. The number of ketones is 1. The Kier molecular flexibility index (Phi) is 6.76. The van der Waals surface area contributed by atoms with Crippen LogP contribution < -0.4 is 9.64 Å². The van der Waals surface area contributed by atoms with Crippen LogP contribution in [0.15, 0.2) is 72.8 Å². The molecule has 3 aromatic rings. The van der Waals surface area contributed by atoms with Gasteiger partial charge in [-0.25, -0.2) is 0 Å². The van der Waals surface area contributed by atoms with Crippen molar-refractivity contribution in [2.45, 2.75) is 6.42 Å². The Bertz CT molecular complexity index is 1100. The third-order valence-electron chi connectivity index (χ3n) is 5.73. The minimum Gasteiger partial charge on any atom is -0.497 e. The fourth-order valence-corrected chi connectivity index (χ4v) is 4.09. The Hall–Kier alpha value is -3.31. The highest BCUT2D eigenvalue weighted by molar-refractivity contribution is 6.30. The molecule has 6 heteroatoms. The van der Waals surface area contributed by atoms with E-state index in [0.29, 0.717) is 34.8 Å². The number of nitrogens with zero attached hydrogens (tertiary/aromatic N) is 2. The Labute approximate surface area is 193 Å². The molecule has 0 unspecified atom stereocenters. The number of anilines is 1. The summed E-state index contributed by atoms with van der Waals surface area (Å²) in [6.07, 6.45) is 0.852. The fourth-order valence-electron chi connectivity index (χ4n) is 3.97. The molecule has 0 N–H and O–H groups in total. The minimum absolute atomic E-state index is 0.112. The van der Waals surface area contributed by atoms with Gasteiger partial charge in [0.1, 0.15) is 5.75 Å². The van der Waals surface area contributed by atoms with E-state index in [1.165, 1.54) is 0 Å². The van der Waals surface area contributed by atoms with Crippen LogP contribution in [0.1, 0.15) is 32.7 Å². The highest BCUT2D eigenvalue weighted by atomic mass is 35.5. The van der Waals surface area contributed by atoms with Crippen LogP contribution in [0, 0.1) is 0 Å². The second-order valence-corrected chi connectivity index (χ2v) is 8.15. The summed E-state index contributed by atoms with van der Waals surface area (Å²) in [4.78, 5) is 30.6. The van der Waals surface area contributed by atoms with E-state index in [0.717, 1.165) is 30.9 Å². The lowest BCUT2D eigenvalue weighted by atomic mass is 9.97. The maximum Gasteiger partial charge on any atom is 0.254 e. The molecule has 32 heavy (non-hydrogen) atoms. The molecular formula is C26H25ClN2O3.